The first-order chi connectivity index (χ1) is 16.5. The molecule has 0 bridgehead atoms. The van der Waals surface area contributed by atoms with Crippen molar-refractivity contribution in [1.29, 1.82) is 0 Å². The van der Waals surface area contributed by atoms with Gasteiger partial charge in [0.25, 0.3) is 5.91 Å². The van der Waals surface area contributed by atoms with Crippen molar-refractivity contribution in [3.05, 3.63) is 76.3 Å². The number of rotatable bonds is 9. The molecule has 0 spiro atoms. The zero-order chi connectivity index (χ0) is 24.1. The Morgan fingerprint density at radius 1 is 1.12 bits per heavy atom. The minimum absolute atomic E-state index is 0.0144. The Bertz CT molecular complexity index is 1190. The van der Waals surface area contributed by atoms with E-state index >= 15 is 0 Å². The second kappa shape index (κ2) is 11.3. The summed E-state index contributed by atoms with van der Waals surface area (Å²) in [6, 6.07) is 17.5. The third-order valence-corrected chi connectivity index (χ3v) is 7.65. The van der Waals surface area contributed by atoms with Crippen molar-refractivity contribution in [3.63, 3.8) is 0 Å². The molecule has 0 aliphatic carbocycles. The minimum Gasteiger partial charge on any atom is -0.293 e. The van der Waals surface area contributed by atoms with E-state index in [-0.39, 0.29) is 5.91 Å². The number of benzene rings is 2. The fourth-order valence-electron chi connectivity index (χ4n) is 4.01. The van der Waals surface area contributed by atoms with Crippen molar-refractivity contribution in [1.82, 2.24) is 14.7 Å². The molecule has 1 aromatic heterocycles. The van der Waals surface area contributed by atoms with Crippen LogP contribution in [0.25, 0.3) is 23.0 Å². The maximum absolute atomic E-state index is 13.3. The van der Waals surface area contributed by atoms with Crippen LogP contribution in [0.1, 0.15) is 45.1 Å². The molecule has 34 heavy (non-hydrogen) atoms. The predicted molar refractivity (Wildman–Crippen MR) is 147 cm³/mol. The number of hydrogen-bond donors (Lipinski definition) is 0. The fourth-order valence-corrected chi connectivity index (χ4v) is 5.40. The van der Waals surface area contributed by atoms with Gasteiger partial charge in [0.05, 0.1) is 16.3 Å². The monoisotopic (exact) mass is 509 g/mol. The molecule has 4 rings (SSSR count). The Morgan fingerprint density at radius 3 is 2.53 bits per heavy atom. The average Bonchev–Trinajstić information content (AvgIpc) is 3.39. The number of carbonyl (C=O) groups excluding carboxylic acids is 1. The van der Waals surface area contributed by atoms with Gasteiger partial charge in [-0.3, -0.25) is 9.69 Å². The molecule has 0 N–H and O–H groups in total. The summed E-state index contributed by atoms with van der Waals surface area (Å²) >= 11 is 13.1. The van der Waals surface area contributed by atoms with E-state index in [0.717, 1.165) is 41.8 Å². The van der Waals surface area contributed by atoms with Crippen LogP contribution in [0.3, 0.4) is 0 Å². The fraction of sp³-hybridized carbons (Fsp3) is 0.296. The number of nitrogens with zero attached hydrogens (tertiary/aromatic N) is 3. The normalized spacial score (nSPS) is 16.0. The molecule has 2 heterocycles. The Hall–Kier alpha value is -2.41. The summed E-state index contributed by atoms with van der Waals surface area (Å²) in [5, 5.41) is 5.51. The molecular weight excluding hydrogens is 482 g/mol. The number of unbranched alkanes of at least 4 members (excludes halogenated alkanes) is 1. The molecule has 176 valence electrons. The van der Waals surface area contributed by atoms with Crippen molar-refractivity contribution in [2.45, 2.75) is 39.5 Å². The maximum atomic E-state index is 13.3. The molecular formula is C27H28ClN3OS2. The first-order valence-corrected chi connectivity index (χ1v) is 13.3. The number of thiocarbonyl (C=S) groups is 1. The second-order valence-electron chi connectivity index (χ2n) is 8.43. The van der Waals surface area contributed by atoms with E-state index in [2.05, 4.69) is 13.8 Å². The van der Waals surface area contributed by atoms with Gasteiger partial charge in [-0.15, -0.1) is 0 Å². The standard InChI is InChI=1S/C27H28ClN3OS2/c1-3-5-9-19(4-2)17-30-26(32)24(34-27(30)33)16-21-18-31(23-10-7-6-8-11-23)29-25(21)20-12-14-22(28)15-13-20/h6-8,10-16,18-19H,3-5,9,17H2,1-2H3/b24-16-/t19-/m1/s1. The number of carbonyl (C=O) groups is 1. The van der Waals surface area contributed by atoms with Crippen LogP contribution in [0.5, 0.6) is 0 Å². The average molecular weight is 510 g/mol. The van der Waals surface area contributed by atoms with Crippen LogP contribution in [0.2, 0.25) is 5.02 Å². The number of hydrogen-bond acceptors (Lipinski definition) is 4. The lowest BCUT2D eigenvalue weighted by Crippen LogP contribution is -2.33. The van der Waals surface area contributed by atoms with Gasteiger partial charge in [0.1, 0.15) is 4.32 Å². The van der Waals surface area contributed by atoms with Gasteiger partial charge < -0.3 is 0 Å². The number of aromatic nitrogens is 2. The third-order valence-electron chi connectivity index (χ3n) is 6.03. The molecule has 2 aromatic carbocycles. The van der Waals surface area contributed by atoms with E-state index in [1.807, 2.05) is 71.6 Å². The Balaban J connectivity index is 1.67. The van der Waals surface area contributed by atoms with Crippen molar-refractivity contribution >= 4 is 51.9 Å². The Labute approximate surface area is 216 Å². The highest BCUT2D eigenvalue weighted by atomic mass is 35.5. The van der Waals surface area contributed by atoms with E-state index in [9.17, 15) is 4.79 Å². The van der Waals surface area contributed by atoms with Crippen molar-refractivity contribution in [2.75, 3.05) is 6.54 Å². The Morgan fingerprint density at radius 2 is 1.85 bits per heavy atom. The van der Waals surface area contributed by atoms with Crippen LogP contribution in [0, 0.1) is 5.92 Å². The highest BCUT2D eigenvalue weighted by Gasteiger charge is 2.33. The highest BCUT2D eigenvalue weighted by Crippen LogP contribution is 2.36. The van der Waals surface area contributed by atoms with E-state index in [4.69, 9.17) is 28.9 Å². The van der Waals surface area contributed by atoms with Crippen molar-refractivity contribution in [3.8, 4) is 16.9 Å². The topological polar surface area (TPSA) is 38.1 Å². The summed E-state index contributed by atoms with van der Waals surface area (Å²) in [5.41, 5.74) is 3.54. The van der Waals surface area contributed by atoms with E-state index in [1.54, 1.807) is 4.90 Å². The zero-order valence-corrected chi connectivity index (χ0v) is 21.8. The molecule has 0 unspecified atom stereocenters. The van der Waals surface area contributed by atoms with E-state index in [0.29, 0.717) is 26.7 Å². The smallest absolute Gasteiger partial charge is 0.266 e. The van der Waals surface area contributed by atoms with Crippen molar-refractivity contribution in [2.24, 2.45) is 5.92 Å². The molecule has 0 radical (unpaired) electrons. The van der Waals surface area contributed by atoms with Gasteiger partial charge in [-0.25, -0.2) is 4.68 Å². The van der Waals surface area contributed by atoms with Gasteiger partial charge in [0.15, 0.2) is 0 Å². The molecule has 1 fully saturated rings. The van der Waals surface area contributed by atoms with Gasteiger partial charge in [0, 0.05) is 28.9 Å². The number of amides is 1. The molecule has 1 aliphatic rings. The first-order valence-electron chi connectivity index (χ1n) is 11.7. The van der Waals surface area contributed by atoms with Crippen LogP contribution in [-0.2, 0) is 4.79 Å². The Kier molecular flexibility index (Phi) is 8.24. The van der Waals surface area contributed by atoms with Crippen LogP contribution in [0.4, 0.5) is 0 Å². The summed E-state index contributed by atoms with van der Waals surface area (Å²) in [6.45, 7) is 5.07. The molecule has 0 saturated carbocycles. The minimum atomic E-state index is -0.0144. The lowest BCUT2D eigenvalue weighted by molar-refractivity contribution is -0.122. The van der Waals surface area contributed by atoms with Gasteiger partial charge in [-0.1, -0.05) is 99.0 Å². The summed E-state index contributed by atoms with van der Waals surface area (Å²) in [5.74, 6) is 0.451. The highest BCUT2D eigenvalue weighted by molar-refractivity contribution is 8.26. The van der Waals surface area contributed by atoms with E-state index in [1.165, 1.54) is 18.2 Å². The zero-order valence-electron chi connectivity index (χ0n) is 19.4. The predicted octanol–water partition coefficient (Wildman–Crippen LogP) is 7.61. The molecule has 7 heteroatoms. The van der Waals surface area contributed by atoms with Gasteiger partial charge in [-0.05, 0) is 42.7 Å². The summed E-state index contributed by atoms with van der Waals surface area (Å²) in [6.07, 6.45) is 8.37. The summed E-state index contributed by atoms with van der Waals surface area (Å²) in [7, 11) is 0. The molecule has 1 atom stereocenters. The van der Waals surface area contributed by atoms with Crippen LogP contribution < -0.4 is 0 Å². The lowest BCUT2D eigenvalue weighted by Gasteiger charge is -2.21. The van der Waals surface area contributed by atoms with Crippen LogP contribution in [0.15, 0.2) is 65.7 Å². The first kappa shape index (κ1) is 24.7. The summed E-state index contributed by atoms with van der Waals surface area (Å²) in [4.78, 5) is 15.7. The molecule has 1 amide bonds. The quantitative estimate of drug-likeness (QED) is 0.220. The summed E-state index contributed by atoms with van der Waals surface area (Å²) < 4.78 is 2.48. The van der Waals surface area contributed by atoms with Gasteiger partial charge in [-0.2, -0.15) is 5.10 Å². The van der Waals surface area contributed by atoms with Gasteiger partial charge in [0.2, 0.25) is 0 Å². The third kappa shape index (κ3) is 5.62. The largest absolute Gasteiger partial charge is 0.293 e. The molecule has 1 saturated heterocycles. The number of para-hydroxylation sites is 1. The van der Waals surface area contributed by atoms with E-state index < -0.39 is 0 Å². The van der Waals surface area contributed by atoms with Crippen LogP contribution >= 0.6 is 35.6 Å². The van der Waals surface area contributed by atoms with Crippen molar-refractivity contribution < 1.29 is 4.79 Å². The second-order valence-corrected chi connectivity index (χ2v) is 10.5. The molecule has 4 nitrogen and oxygen atoms in total. The molecule has 3 aromatic rings. The maximum Gasteiger partial charge on any atom is 0.266 e. The number of thioether (sulfide) groups is 1. The molecule has 1 aliphatic heterocycles. The lowest BCUT2D eigenvalue weighted by atomic mass is 9.99. The SMILES string of the molecule is CCCC[C@@H](CC)CN1C(=O)/C(=C/c2cn(-c3ccccc3)nc2-c2ccc(Cl)cc2)SC1=S. The van der Waals surface area contributed by atoms with Gasteiger partial charge >= 0.3 is 0 Å². The van der Waals surface area contributed by atoms with Crippen LogP contribution in [-0.4, -0.2) is 31.5 Å². The number of halogens is 1.